The highest BCUT2D eigenvalue weighted by molar-refractivity contribution is 5.85. The standard InChI is InChI=1S/C13H13N3O/c14-10-5-3-4-9(8-10)12(13(15)17)11-6-1-2-7-16-11/h1-8,12H,14H2,(H2,15,17). The van der Waals surface area contributed by atoms with Gasteiger partial charge in [0.2, 0.25) is 5.91 Å². The van der Waals surface area contributed by atoms with Crippen molar-refractivity contribution in [1.82, 2.24) is 4.98 Å². The molecule has 1 aromatic heterocycles. The fourth-order valence-corrected chi connectivity index (χ4v) is 1.77. The van der Waals surface area contributed by atoms with Gasteiger partial charge >= 0.3 is 0 Å². The number of benzene rings is 1. The summed E-state index contributed by atoms with van der Waals surface area (Å²) >= 11 is 0. The summed E-state index contributed by atoms with van der Waals surface area (Å²) in [5, 5.41) is 0. The second-order valence-corrected chi connectivity index (χ2v) is 3.76. The molecule has 2 rings (SSSR count). The van der Waals surface area contributed by atoms with Crippen LogP contribution in [0.15, 0.2) is 48.7 Å². The maximum atomic E-state index is 11.6. The Morgan fingerprint density at radius 2 is 2.00 bits per heavy atom. The number of hydrogen-bond acceptors (Lipinski definition) is 3. The molecule has 4 N–H and O–H groups in total. The van der Waals surface area contributed by atoms with E-state index in [0.717, 1.165) is 5.56 Å². The summed E-state index contributed by atoms with van der Waals surface area (Å²) in [7, 11) is 0. The summed E-state index contributed by atoms with van der Waals surface area (Å²) in [6.07, 6.45) is 1.64. The van der Waals surface area contributed by atoms with Crippen LogP contribution in [0.25, 0.3) is 0 Å². The fourth-order valence-electron chi connectivity index (χ4n) is 1.77. The van der Waals surface area contributed by atoms with Gasteiger partial charge in [0.25, 0.3) is 0 Å². The van der Waals surface area contributed by atoms with E-state index in [1.165, 1.54) is 0 Å². The highest BCUT2D eigenvalue weighted by atomic mass is 16.1. The van der Waals surface area contributed by atoms with E-state index < -0.39 is 11.8 Å². The van der Waals surface area contributed by atoms with E-state index >= 15 is 0 Å². The fraction of sp³-hybridized carbons (Fsp3) is 0.0769. The lowest BCUT2D eigenvalue weighted by atomic mass is 9.94. The van der Waals surface area contributed by atoms with Gasteiger partial charge in [-0.2, -0.15) is 0 Å². The van der Waals surface area contributed by atoms with E-state index in [1.807, 2.05) is 12.1 Å². The second kappa shape index (κ2) is 4.65. The van der Waals surface area contributed by atoms with Crippen molar-refractivity contribution < 1.29 is 4.79 Å². The maximum absolute atomic E-state index is 11.6. The molecule has 0 radical (unpaired) electrons. The van der Waals surface area contributed by atoms with Crippen molar-refractivity contribution in [3.8, 4) is 0 Å². The number of carbonyl (C=O) groups excluding carboxylic acids is 1. The molecule has 1 aromatic carbocycles. The third-order valence-corrected chi connectivity index (χ3v) is 2.51. The van der Waals surface area contributed by atoms with E-state index in [1.54, 1.807) is 36.5 Å². The highest BCUT2D eigenvalue weighted by Crippen LogP contribution is 2.23. The minimum atomic E-state index is -0.556. The molecule has 4 heteroatoms. The third-order valence-electron chi connectivity index (χ3n) is 2.51. The predicted molar refractivity (Wildman–Crippen MR) is 66.1 cm³/mol. The van der Waals surface area contributed by atoms with Crippen LogP contribution >= 0.6 is 0 Å². The van der Waals surface area contributed by atoms with Crippen molar-refractivity contribution >= 4 is 11.6 Å². The van der Waals surface area contributed by atoms with Crippen LogP contribution in [0.5, 0.6) is 0 Å². The first-order chi connectivity index (χ1) is 8.18. The van der Waals surface area contributed by atoms with E-state index in [0.29, 0.717) is 11.4 Å². The van der Waals surface area contributed by atoms with Gasteiger partial charge in [-0.1, -0.05) is 18.2 Å². The minimum absolute atomic E-state index is 0.436. The van der Waals surface area contributed by atoms with Crippen molar-refractivity contribution in [2.75, 3.05) is 5.73 Å². The first-order valence-electron chi connectivity index (χ1n) is 5.24. The molecule has 4 nitrogen and oxygen atoms in total. The molecule has 17 heavy (non-hydrogen) atoms. The number of anilines is 1. The average Bonchev–Trinajstić information content (AvgIpc) is 2.30. The Labute approximate surface area is 99.3 Å². The second-order valence-electron chi connectivity index (χ2n) is 3.76. The van der Waals surface area contributed by atoms with Gasteiger partial charge in [-0.25, -0.2) is 0 Å². The quantitative estimate of drug-likeness (QED) is 0.775. The largest absolute Gasteiger partial charge is 0.399 e. The number of primary amides is 1. The average molecular weight is 227 g/mol. The molecule has 0 aliphatic carbocycles. The topological polar surface area (TPSA) is 82.0 Å². The monoisotopic (exact) mass is 227 g/mol. The number of hydrogen-bond donors (Lipinski definition) is 2. The zero-order chi connectivity index (χ0) is 12.3. The molecule has 1 unspecified atom stereocenters. The Kier molecular flexibility index (Phi) is 3.05. The van der Waals surface area contributed by atoms with Crippen LogP contribution in [0.4, 0.5) is 5.69 Å². The molecule has 0 aliphatic rings. The van der Waals surface area contributed by atoms with Crippen molar-refractivity contribution in [2.45, 2.75) is 5.92 Å². The van der Waals surface area contributed by atoms with Gasteiger partial charge in [-0.15, -0.1) is 0 Å². The van der Waals surface area contributed by atoms with Crippen LogP contribution in [0.2, 0.25) is 0 Å². The summed E-state index contributed by atoms with van der Waals surface area (Å²) in [4.78, 5) is 15.7. The predicted octanol–water partition coefficient (Wildman–Crippen LogP) is 1.28. The Morgan fingerprint density at radius 3 is 2.59 bits per heavy atom. The highest BCUT2D eigenvalue weighted by Gasteiger charge is 2.21. The lowest BCUT2D eigenvalue weighted by molar-refractivity contribution is -0.118. The van der Waals surface area contributed by atoms with Gasteiger partial charge < -0.3 is 11.5 Å². The smallest absolute Gasteiger partial charge is 0.231 e. The summed E-state index contributed by atoms with van der Waals surface area (Å²) in [5.41, 5.74) is 13.1. The number of amides is 1. The number of nitrogens with zero attached hydrogens (tertiary/aromatic N) is 1. The first kappa shape index (κ1) is 11.1. The van der Waals surface area contributed by atoms with Crippen molar-refractivity contribution in [2.24, 2.45) is 5.73 Å². The van der Waals surface area contributed by atoms with Crippen molar-refractivity contribution in [3.63, 3.8) is 0 Å². The molecule has 0 fully saturated rings. The van der Waals surface area contributed by atoms with Gasteiger partial charge in [-0.3, -0.25) is 9.78 Å². The normalized spacial score (nSPS) is 12.0. The van der Waals surface area contributed by atoms with Crippen LogP contribution in [0, 0.1) is 0 Å². The molecule has 0 spiro atoms. The third kappa shape index (κ3) is 2.42. The Bertz CT molecular complexity index is 525. The molecule has 1 heterocycles. The first-order valence-corrected chi connectivity index (χ1v) is 5.24. The Hall–Kier alpha value is -2.36. The van der Waals surface area contributed by atoms with Crippen LogP contribution in [-0.4, -0.2) is 10.9 Å². The van der Waals surface area contributed by atoms with E-state index in [-0.39, 0.29) is 0 Å². The molecule has 0 bridgehead atoms. The Balaban J connectivity index is 2.47. The molecule has 1 atom stereocenters. The number of carbonyl (C=O) groups is 1. The van der Waals surface area contributed by atoms with Crippen molar-refractivity contribution in [1.29, 1.82) is 0 Å². The summed E-state index contributed by atoms with van der Waals surface area (Å²) in [6, 6.07) is 12.5. The van der Waals surface area contributed by atoms with Gasteiger partial charge in [0.15, 0.2) is 0 Å². The maximum Gasteiger partial charge on any atom is 0.231 e. The SMILES string of the molecule is NC(=O)C(c1cccc(N)c1)c1ccccn1. The molecule has 2 aromatic rings. The number of rotatable bonds is 3. The summed E-state index contributed by atoms with van der Waals surface area (Å²) in [6.45, 7) is 0. The van der Waals surface area contributed by atoms with E-state index in [2.05, 4.69) is 4.98 Å². The minimum Gasteiger partial charge on any atom is -0.399 e. The number of nitrogens with two attached hydrogens (primary N) is 2. The molecular formula is C13H13N3O. The number of nitrogen functional groups attached to an aromatic ring is 1. The lowest BCUT2D eigenvalue weighted by Crippen LogP contribution is -2.23. The molecule has 0 aliphatic heterocycles. The molecule has 86 valence electrons. The van der Waals surface area contributed by atoms with Crippen LogP contribution in [0.3, 0.4) is 0 Å². The van der Waals surface area contributed by atoms with Crippen LogP contribution in [0.1, 0.15) is 17.2 Å². The van der Waals surface area contributed by atoms with E-state index in [9.17, 15) is 4.79 Å². The summed E-state index contributed by atoms with van der Waals surface area (Å²) < 4.78 is 0. The van der Waals surface area contributed by atoms with Gasteiger partial charge in [0.05, 0.1) is 5.69 Å². The Morgan fingerprint density at radius 1 is 1.18 bits per heavy atom. The van der Waals surface area contributed by atoms with Gasteiger partial charge in [0.1, 0.15) is 5.92 Å². The van der Waals surface area contributed by atoms with Crippen LogP contribution in [-0.2, 0) is 4.79 Å². The summed E-state index contributed by atoms with van der Waals surface area (Å²) in [5.74, 6) is -0.992. The van der Waals surface area contributed by atoms with E-state index in [4.69, 9.17) is 11.5 Å². The lowest BCUT2D eigenvalue weighted by Gasteiger charge is -2.13. The molecule has 0 saturated carbocycles. The zero-order valence-electron chi connectivity index (χ0n) is 9.21. The molecule has 1 amide bonds. The van der Waals surface area contributed by atoms with Gasteiger partial charge in [0, 0.05) is 11.9 Å². The molecule has 0 saturated heterocycles. The van der Waals surface area contributed by atoms with Gasteiger partial charge in [-0.05, 0) is 29.8 Å². The number of pyridine rings is 1. The van der Waals surface area contributed by atoms with Crippen molar-refractivity contribution in [3.05, 3.63) is 59.9 Å². The zero-order valence-corrected chi connectivity index (χ0v) is 9.21. The van der Waals surface area contributed by atoms with Crippen LogP contribution < -0.4 is 11.5 Å². The molecular weight excluding hydrogens is 214 g/mol. The number of aromatic nitrogens is 1.